The molecule has 0 fully saturated rings. The molecule has 0 saturated carbocycles. The van der Waals surface area contributed by atoms with Crippen LogP contribution in [0.1, 0.15) is 0 Å². The molecule has 10 aromatic rings. The van der Waals surface area contributed by atoms with Gasteiger partial charge in [-0.2, -0.15) is 0 Å². The average molecular weight is 616 g/mol. The third kappa shape index (κ3) is 4.16. The molecule has 47 heavy (non-hydrogen) atoms. The summed E-state index contributed by atoms with van der Waals surface area (Å²) >= 11 is 1.89. The minimum absolute atomic E-state index is 0.659. The van der Waals surface area contributed by atoms with Crippen LogP contribution in [0.3, 0.4) is 0 Å². The van der Waals surface area contributed by atoms with Gasteiger partial charge in [0.1, 0.15) is 0 Å². The van der Waals surface area contributed by atoms with Crippen LogP contribution in [0, 0.1) is 0 Å². The van der Waals surface area contributed by atoms with Gasteiger partial charge in [0.05, 0.1) is 0 Å². The van der Waals surface area contributed by atoms with Crippen LogP contribution in [0.2, 0.25) is 0 Å². The lowest BCUT2D eigenvalue weighted by atomic mass is 9.92. The van der Waals surface area contributed by atoms with E-state index in [1.807, 2.05) is 41.7 Å². The minimum atomic E-state index is 0.659. The molecule has 0 aliphatic heterocycles. The summed E-state index contributed by atoms with van der Waals surface area (Å²) in [5.41, 5.74) is 5.32. The van der Waals surface area contributed by atoms with E-state index in [9.17, 15) is 0 Å². The molecule has 0 unspecified atom stereocenters. The van der Waals surface area contributed by atoms with Crippen molar-refractivity contribution < 1.29 is 0 Å². The predicted molar refractivity (Wildman–Crippen MR) is 198 cm³/mol. The highest BCUT2D eigenvalue weighted by atomic mass is 32.1. The summed E-state index contributed by atoms with van der Waals surface area (Å²) < 4.78 is 2.66. The van der Waals surface area contributed by atoms with Crippen LogP contribution in [0.5, 0.6) is 0 Å². The molecule has 0 radical (unpaired) electrons. The standard InChI is InChI=1S/C43H25N3S/c1-2-10-28(11-3-1)41-44-42(46-43(45-41)31-22-17-26-9-4-5-12-30(26)25-31)29-20-18-27(19-21-29)32-23-24-36-34-14-7-6-13-33(34)35-15-8-16-37-38(35)39(36)40(32)47-37/h1-25H. The zero-order valence-electron chi connectivity index (χ0n) is 25.2. The molecule has 3 nitrogen and oxygen atoms in total. The summed E-state index contributed by atoms with van der Waals surface area (Å²) in [5, 5.41) is 10.4. The third-order valence-corrected chi connectivity index (χ3v) is 10.5. The average Bonchev–Trinajstić information content (AvgIpc) is 3.55. The number of hydrogen-bond donors (Lipinski definition) is 0. The Kier molecular flexibility index (Phi) is 5.74. The Morgan fingerprint density at radius 2 is 0.936 bits per heavy atom. The SMILES string of the molecule is c1ccc(-c2nc(-c3ccc(-c4ccc5c6ccccc6c6cccc7sc4c5c76)cc3)nc(-c3ccc4ccccc4c3)n2)cc1. The molecular weight excluding hydrogens is 591 g/mol. The number of thiophene rings is 1. The topological polar surface area (TPSA) is 38.7 Å². The lowest BCUT2D eigenvalue weighted by Crippen LogP contribution is -2.00. The van der Waals surface area contributed by atoms with E-state index in [0.717, 1.165) is 22.1 Å². The maximum atomic E-state index is 5.02. The minimum Gasteiger partial charge on any atom is -0.208 e. The van der Waals surface area contributed by atoms with Gasteiger partial charge in [-0.1, -0.05) is 140 Å². The molecule has 0 spiro atoms. The number of nitrogens with zero attached hydrogens (tertiary/aromatic N) is 3. The third-order valence-electron chi connectivity index (χ3n) is 9.28. The molecule has 0 bridgehead atoms. The van der Waals surface area contributed by atoms with Crippen molar-refractivity contribution >= 4 is 63.8 Å². The van der Waals surface area contributed by atoms with E-state index in [2.05, 4.69) is 121 Å². The van der Waals surface area contributed by atoms with Gasteiger partial charge in [0, 0.05) is 36.9 Å². The first-order chi connectivity index (χ1) is 23.3. The molecule has 10 rings (SSSR count). The van der Waals surface area contributed by atoms with Gasteiger partial charge < -0.3 is 0 Å². The fraction of sp³-hybridized carbons (Fsp3) is 0. The first-order valence-electron chi connectivity index (χ1n) is 15.8. The summed E-state index contributed by atoms with van der Waals surface area (Å²) in [6.45, 7) is 0. The van der Waals surface area contributed by atoms with E-state index in [1.165, 1.54) is 58.2 Å². The first-order valence-corrected chi connectivity index (χ1v) is 16.6. The molecule has 0 aliphatic carbocycles. The molecular formula is C43H25N3S. The predicted octanol–water partition coefficient (Wildman–Crippen LogP) is 11.8. The second kappa shape index (κ2) is 10.3. The molecule has 218 valence electrons. The second-order valence-corrected chi connectivity index (χ2v) is 13.1. The summed E-state index contributed by atoms with van der Waals surface area (Å²) in [7, 11) is 0. The Labute approximate surface area is 274 Å². The van der Waals surface area contributed by atoms with Crippen molar-refractivity contribution in [2.45, 2.75) is 0 Å². The number of fused-ring (bicyclic) bond motifs is 4. The smallest absolute Gasteiger partial charge is 0.164 e. The van der Waals surface area contributed by atoms with Crippen molar-refractivity contribution in [1.82, 2.24) is 15.0 Å². The van der Waals surface area contributed by atoms with E-state index in [0.29, 0.717) is 17.5 Å². The molecule has 4 heteroatoms. The highest BCUT2D eigenvalue weighted by Crippen LogP contribution is 2.48. The Morgan fingerprint density at radius 1 is 0.362 bits per heavy atom. The number of hydrogen-bond acceptors (Lipinski definition) is 4. The van der Waals surface area contributed by atoms with Crippen molar-refractivity contribution in [3.05, 3.63) is 152 Å². The van der Waals surface area contributed by atoms with Gasteiger partial charge in [-0.05, 0) is 55.6 Å². The second-order valence-electron chi connectivity index (χ2n) is 12.0. The molecule has 0 atom stereocenters. The fourth-order valence-electron chi connectivity index (χ4n) is 7.03. The maximum Gasteiger partial charge on any atom is 0.164 e. The van der Waals surface area contributed by atoms with Crippen LogP contribution < -0.4 is 0 Å². The van der Waals surface area contributed by atoms with Gasteiger partial charge in [-0.25, -0.2) is 15.0 Å². The molecule has 8 aromatic carbocycles. The van der Waals surface area contributed by atoms with Gasteiger partial charge in [0.2, 0.25) is 0 Å². The van der Waals surface area contributed by atoms with Gasteiger partial charge in [-0.15, -0.1) is 11.3 Å². The Morgan fingerprint density at radius 3 is 1.70 bits per heavy atom. The van der Waals surface area contributed by atoms with Crippen molar-refractivity contribution in [1.29, 1.82) is 0 Å². The van der Waals surface area contributed by atoms with Crippen molar-refractivity contribution in [3.63, 3.8) is 0 Å². The van der Waals surface area contributed by atoms with Crippen LogP contribution in [-0.2, 0) is 0 Å². The van der Waals surface area contributed by atoms with E-state index in [-0.39, 0.29) is 0 Å². The van der Waals surface area contributed by atoms with Crippen molar-refractivity contribution in [3.8, 4) is 45.3 Å². The lowest BCUT2D eigenvalue weighted by Gasteiger charge is -2.12. The maximum absolute atomic E-state index is 5.02. The van der Waals surface area contributed by atoms with Crippen LogP contribution >= 0.6 is 11.3 Å². The van der Waals surface area contributed by atoms with Crippen LogP contribution in [0.4, 0.5) is 0 Å². The Bertz CT molecular complexity index is 2780. The highest BCUT2D eigenvalue weighted by molar-refractivity contribution is 7.26. The van der Waals surface area contributed by atoms with E-state index >= 15 is 0 Å². The van der Waals surface area contributed by atoms with E-state index < -0.39 is 0 Å². The molecule has 0 amide bonds. The highest BCUT2D eigenvalue weighted by Gasteiger charge is 2.19. The van der Waals surface area contributed by atoms with Gasteiger partial charge in [0.25, 0.3) is 0 Å². The molecule has 2 aromatic heterocycles. The fourth-order valence-corrected chi connectivity index (χ4v) is 8.32. The summed E-state index contributed by atoms with van der Waals surface area (Å²) in [6.07, 6.45) is 0. The lowest BCUT2D eigenvalue weighted by molar-refractivity contribution is 1.07. The van der Waals surface area contributed by atoms with E-state index in [1.54, 1.807) is 0 Å². The number of rotatable bonds is 4. The molecule has 0 saturated heterocycles. The number of aromatic nitrogens is 3. The van der Waals surface area contributed by atoms with Gasteiger partial charge in [-0.3, -0.25) is 0 Å². The first kappa shape index (κ1) is 26.3. The van der Waals surface area contributed by atoms with Gasteiger partial charge in [0.15, 0.2) is 17.5 Å². The normalized spacial score (nSPS) is 11.8. The monoisotopic (exact) mass is 615 g/mol. The van der Waals surface area contributed by atoms with Crippen molar-refractivity contribution in [2.75, 3.05) is 0 Å². The quantitative estimate of drug-likeness (QED) is 0.185. The van der Waals surface area contributed by atoms with Crippen LogP contribution in [0.15, 0.2) is 152 Å². The van der Waals surface area contributed by atoms with E-state index in [4.69, 9.17) is 15.0 Å². The largest absolute Gasteiger partial charge is 0.208 e. The Balaban J connectivity index is 1.12. The van der Waals surface area contributed by atoms with Crippen LogP contribution in [0.25, 0.3) is 97.8 Å². The summed E-state index contributed by atoms with van der Waals surface area (Å²) in [5.74, 6) is 1.99. The zero-order valence-corrected chi connectivity index (χ0v) is 26.0. The summed E-state index contributed by atoms with van der Waals surface area (Å²) in [4.78, 5) is 14.9. The Hall–Kier alpha value is -5.97. The zero-order chi connectivity index (χ0) is 30.9. The number of benzene rings is 8. The molecule has 0 N–H and O–H groups in total. The summed E-state index contributed by atoms with van der Waals surface area (Å²) in [6, 6.07) is 53.7. The van der Waals surface area contributed by atoms with Crippen LogP contribution in [-0.4, -0.2) is 15.0 Å². The van der Waals surface area contributed by atoms with Gasteiger partial charge >= 0.3 is 0 Å². The molecule has 0 aliphatic rings. The van der Waals surface area contributed by atoms with Crippen molar-refractivity contribution in [2.24, 2.45) is 0 Å². The molecule has 2 heterocycles.